The maximum absolute atomic E-state index is 12.3. The van der Waals surface area contributed by atoms with Crippen molar-refractivity contribution >= 4 is 11.8 Å². The van der Waals surface area contributed by atoms with Crippen molar-refractivity contribution < 1.29 is 14.3 Å². The van der Waals surface area contributed by atoms with E-state index in [-0.39, 0.29) is 11.8 Å². The molecule has 0 N–H and O–H groups in total. The van der Waals surface area contributed by atoms with Gasteiger partial charge in [0.05, 0.1) is 11.7 Å². The molecule has 0 saturated heterocycles. The lowest BCUT2D eigenvalue weighted by Gasteiger charge is -2.11. The van der Waals surface area contributed by atoms with Gasteiger partial charge in [0.1, 0.15) is 0 Å². The van der Waals surface area contributed by atoms with Crippen molar-refractivity contribution in [2.24, 2.45) is 0 Å². The van der Waals surface area contributed by atoms with Crippen LogP contribution in [0.15, 0.2) is 66.9 Å². The molecule has 3 heteroatoms. The summed E-state index contributed by atoms with van der Waals surface area (Å²) in [7, 11) is 0. The number of carbonyl (C=O) groups excluding carboxylic acids is 2. The van der Waals surface area contributed by atoms with Crippen LogP contribution in [-0.4, -0.2) is 11.8 Å². The minimum absolute atomic E-state index is 0.0377. The fraction of sp³-hybridized carbons (Fsp3) is 0.158. The van der Waals surface area contributed by atoms with Gasteiger partial charge in [-0.1, -0.05) is 61.2 Å². The molecule has 112 valence electrons. The quantitative estimate of drug-likeness (QED) is 0.474. The molecule has 0 aliphatic heterocycles. The summed E-state index contributed by atoms with van der Waals surface area (Å²) in [5.74, 6) is -0.427. The van der Waals surface area contributed by atoms with E-state index >= 15 is 0 Å². The van der Waals surface area contributed by atoms with Crippen LogP contribution in [0.4, 0.5) is 0 Å². The summed E-state index contributed by atoms with van der Waals surface area (Å²) in [5, 5.41) is 0. The Kier molecular flexibility index (Phi) is 4.89. The molecule has 0 aromatic heterocycles. The number of esters is 1. The highest BCUT2D eigenvalue weighted by Crippen LogP contribution is 2.19. The minimum Gasteiger partial charge on any atom is -0.432 e. The monoisotopic (exact) mass is 294 g/mol. The summed E-state index contributed by atoms with van der Waals surface area (Å²) in [5.41, 5.74) is 2.04. The van der Waals surface area contributed by atoms with Crippen molar-refractivity contribution in [1.82, 2.24) is 0 Å². The van der Waals surface area contributed by atoms with E-state index in [1.807, 2.05) is 18.2 Å². The van der Waals surface area contributed by atoms with E-state index in [0.717, 1.165) is 5.56 Å². The third-order valence-corrected chi connectivity index (χ3v) is 3.34. The van der Waals surface area contributed by atoms with Crippen LogP contribution in [0.1, 0.15) is 41.3 Å². The maximum atomic E-state index is 12.3. The first kappa shape index (κ1) is 15.7. The molecule has 0 radical (unpaired) electrons. The molecular weight excluding hydrogens is 276 g/mol. The van der Waals surface area contributed by atoms with Gasteiger partial charge in [0.15, 0.2) is 5.78 Å². The molecule has 1 atom stereocenters. The van der Waals surface area contributed by atoms with Crippen LogP contribution in [0.3, 0.4) is 0 Å². The van der Waals surface area contributed by atoms with Gasteiger partial charge in [-0.2, -0.15) is 0 Å². The van der Waals surface area contributed by atoms with E-state index in [1.165, 1.54) is 0 Å². The zero-order chi connectivity index (χ0) is 16.1. The predicted octanol–water partition coefficient (Wildman–Crippen LogP) is 4.10. The molecule has 0 bridgehead atoms. The Morgan fingerprint density at radius 3 is 2.05 bits per heavy atom. The maximum Gasteiger partial charge on any atom is 0.318 e. The SMILES string of the molecule is C=C(C)OC(=O)C(C)c1ccc(C(=O)c2ccccc2)cc1. The largest absolute Gasteiger partial charge is 0.432 e. The highest BCUT2D eigenvalue weighted by Gasteiger charge is 2.18. The molecular formula is C19H18O3. The van der Waals surface area contributed by atoms with E-state index in [4.69, 9.17) is 4.74 Å². The molecule has 1 unspecified atom stereocenters. The van der Waals surface area contributed by atoms with Crippen LogP contribution in [-0.2, 0) is 9.53 Å². The standard InChI is InChI=1S/C19H18O3/c1-13(2)22-19(21)14(3)15-9-11-17(12-10-15)18(20)16-7-5-4-6-8-16/h4-12,14H,1H2,2-3H3. The van der Waals surface area contributed by atoms with Crippen molar-refractivity contribution in [3.63, 3.8) is 0 Å². The molecule has 2 aromatic carbocycles. The predicted molar refractivity (Wildman–Crippen MR) is 85.6 cm³/mol. The molecule has 0 fully saturated rings. The Hall–Kier alpha value is -2.68. The minimum atomic E-state index is -0.405. The molecule has 0 spiro atoms. The van der Waals surface area contributed by atoms with Crippen molar-refractivity contribution in [3.05, 3.63) is 83.6 Å². The first-order valence-corrected chi connectivity index (χ1v) is 7.06. The number of carbonyl (C=O) groups is 2. The Morgan fingerprint density at radius 1 is 0.955 bits per heavy atom. The Bertz CT molecular complexity index is 684. The number of ether oxygens (including phenoxy) is 1. The zero-order valence-electron chi connectivity index (χ0n) is 12.7. The lowest BCUT2D eigenvalue weighted by Crippen LogP contribution is -2.12. The van der Waals surface area contributed by atoms with Gasteiger partial charge in [0.25, 0.3) is 0 Å². The second-order valence-corrected chi connectivity index (χ2v) is 5.16. The first-order chi connectivity index (χ1) is 10.5. The van der Waals surface area contributed by atoms with Gasteiger partial charge in [0, 0.05) is 11.1 Å². The average molecular weight is 294 g/mol. The molecule has 0 aliphatic carbocycles. The van der Waals surface area contributed by atoms with Crippen LogP contribution in [0.5, 0.6) is 0 Å². The summed E-state index contributed by atoms with van der Waals surface area (Å²) in [4.78, 5) is 24.1. The molecule has 2 rings (SSSR count). The third-order valence-electron chi connectivity index (χ3n) is 3.34. The lowest BCUT2D eigenvalue weighted by molar-refractivity contribution is -0.140. The third kappa shape index (κ3) is 3.70. The van der Waals surface area contributed by atoms with E-state index in [0.29, 0.717) is 16.9 Å². The molecule has 2 aromatic rings. The second kappa shape index (κ2) is 6.85. The van der Waals surface area contributed by atoms with E-state index in [2.05, 4.69) is 6.58 Å². The summed E-state index contributed by atoms with van der Waals surface area (Å²) in [6, 6.07) is 16.1. The smallest absolute Gasteiger partial charge is 0.318 e. The number of hydrogen-bond acceptors (Lipinski definition) is 3. The van der Waals surface area contributed by atoms with Crippen LogP contribution in [0.2, 0.25) is 0 Å². The van der Waals surface area contributed by atoms with Crippen molar-refractivity contribution in [2.75, 3.05) is 0 Å². The molecule has 0 aliphatic rings. The van der Waals surface area contributed by atoms with Crippen LogP contribution < -0.4 is 0 Å². The Balaban J connectivity index is 2.15. The van der Waals surface area contributed by atoms with Gasteiger partial charge >= 0.3 is 5.97 Å². The van der Waals surface area contributed by atoms with E-state index in [1.54, 1.807) is 50.2 Å². The van der Waals surface area contributed by atoms with Crippen molar-refractivity contribution in [3.8, 4) is 0 Å². The van der Waals surface area contributed by atoms with Crippen LogP contribution in [0, 0.1) is 0 Å². The summed E-state index contributed by atoms with van der Waals surface area (Å²) < 4.78 is 5.01. The fourth-order valence-electron chi connectivity index (χ4n) is 2.08. The number of hydrogen-bond donors (Lipinski definition) is 0. The number of rotatable bonds is 5. The van der Waals surface area contributed by atoms with Crippen molar-refractivity contribution in [1.29, 1.82) is 0 Å². The molecule has 22 heavy (non-hydrogen) atoms. The Labute approximate surface area is 130 Å². The van der Waals surface area contributed by atoms with Crippen LogP contribution in [0.25, 0.3) is 0 Å². The number of benzene rings is 2. The highest BCUT2D eigenvalue weighted by molar-refractivity contribution is 6.08. The van der Waals surface area contributed by atoms with Gasteiger partial charge in [-0.3, -0.25) is 9.59 Å². The normalized spacial score (nSPS) is 11.5. The first-order valence-electron chi connectivity index (χ1n) is 7.06. The number of ketones is 1. The molecule has 0 saturated carbocycles. The molecule has 0 heterocycles. The number of allylic oxidation sites excluding steroid dienone is 1. The van der Waals surface area contributed by atoms with E-state index in [9.17, 15) is 9.59 Å². The van der Waals surface area contributed by atoms with Gasteiger partial charge in [-0.05, 0) is 19.4 Å². The summed E-state index contributed by atoms with van der Waals surface area (Å²) in [6.45, 7) is 6.95. The molecule has 0 amide bonds. The van der Waals surface area contributed by atoms with Gasteiger partial charge in [-0.25, -0.2) is 0 Å². The van der Waals surface area contributed by atoms with Gasteiger partial charge in [0.2, 0.25) is 0 Å². The molecule has 3 nitrogen and oxygen atoms in total. The van der Waals surface area contributed by atoms with Gasteiger partial charge < -0.3 is 4.74 Å². The average Bonchev–Trinajstić information content (AvgIpc) is 2.54. The fourth-order valence-corrected chi connectivity index (χ4v) is 2.08. The summed E-state index contributed by atoms with van der Waals surface area (Å²) in [6.07, 6.45) is 0. The van der Waals surface area contributed by atoms with E-state index < -0.39 is 5.92 Å². The topological polar surface area (TPSA) is 43.4 Å². The summed E-state index contributed by atoms with van der Waals surface area (Å²) >= 11 is 0. The van der Waals surface area contributed by atoms with Gasteiger partial charge in [-0.15, -0.1) is 0 Å². The Morgan fingerprint density at radius 2 is 1.50 bits per heavy atom. The second-order valence-electron chi connectivity index (χ2n) is 5.16. The zero-order valence-corrected chi connectivity index (χ0v) is 12.7. The highest BCUT2D eigenvalue weighted by atomic mass is 16.5. The van der Waals surface area contributed by atoms with Crippen molar-refractivity contribution in [2.45, 2.75) is 19.8 Å². The van der Waals surface area contributed by atoms with Crippen LogP contribution >= 0.6 is 0 Å². The lowest BCUT2D eigenvalue weighted by atomic mass is 9.97.